The van der Waals surface area contributed by atoms with Crippen LogP contribution in [-0.2, 0) is 0 Å². The number of pyridine rings is 1. The molecule has 2 aromatic heterocycles. The molecule has 0 N–H and O–H groups in total. The maximum atomic E-state index is 12.9. The topological polar surface area (TPSA) is 66.2 Å². The lowest BCUT2D eigenvalue weighted by Gasteiger charge is -2.13. The second-order valence-electron chi connectivity index (χ2n) is 6.71. The average molecular weight is 353 g/mol. The van der Waals surface area contributed by atoms with Gasteiger partial charge in [0, 0.05) is 11.7 Å². The first-order chi connectivity index (χ1) is 12.4. The molecule has 136 valence electrons. The van der Waals surface area contributed by atoms with Gasteiger partial charge in [-0.25, -0.2) is 14.5 Å². The van der Waals surface area contributed by atoms with Gasteiger partial charge in [-0.1, -0.05) is 26.0 Å². The van der Waals surface area contributed by atoms with Crippen molar-refractivity contribution >= 4 is 17.0 Å². The Morgan fingerprint density at radius 2 is 1.81 bits per heavy atom. The van der Waals surface area contributed by atoms with Crippen LogP contribution in [0.4, 0.5) is 0 Å². The predicted octanol–water partition coefficient (Wildman–Crippen LogP) is 4.36. The number of methoxy groups -OCH3 is 1. The Morgan fingerprint density at radius 1 is 1.12 bits per heavy atom. The molecule has 0 radical (unpaired) electrons. The molecular formula is C20H23N3O3. The fourth-order valence-corrected chi connectivity index (χ4v) is 2.74. The van der Waals surface area contributed by atoms with Gasteiger partial charge in [-0.15, -0.1) is 0 Å². The van der Waals surface area contributed by atoms with Crippen LogP contribution in [0.3, 0.4) is 0 Å². The van der Waals surface area contributed by atoms with E-state index >= 15 is 0 Å². The minimum absolute atomic E-state index is 0.139. The van der Waals surface area contributed by atoms with E-state index in [1.807, 2.05) is 38.4 Å². The summed E-state index contributed by atoms with van der Waals surface area (Å²) in [6.07, 6.45) is 1.67. The fourth-order valence-electron chi connectivity index (χ4n) is 2.74. The number of carbonyl (C=O) groups is 1. The highest BCUT2D eigenvalue weighted by molar-refractivity contribution is 6.03. The molecular weight excluding hydrogens is 330 g/mol. The minimum atomic E-state index is -0.452. The molecule has 3 aromatic rings. The van der Waals surface area contributed by atoms with E-state index in [2.05, 4.69) is 5.10 Å². The van der Waals surface area contributed by atoms with Gasteiger partial charge in [0.15, 0.2) is 17.1 Å². The molecule has 0 aliphatic rings. The van der Waals surface area contributed by atoms with E-state index in [0.29, 0.717) is 28.1 Å². The van der Waals surface area contributed by atoms with Crippen LogP contribution in [0.5, 0.6) is 11.5 Å². The summed E-state index contributed by atoms with van der Waals surface area (Å²) >= 11 is 0. The van der Waals surface area contributed by atoms with Crippen LogP contribution < -0.4 is 9.47 Å². The number of benzene rings is 1. The summed E-state index contributed by atoms with van der Waals surface area (Å²) in [4.78, 5) is 17.6. The van der Waals surface area contributed by atoms with Gasteiger partial charge in [0.25, 0.3) is 0 Å². The summed E-state index contributed by atoms with van der Waals surface area (Å²) in [5.74, 6) is 0.611. The van der Waals surface area contributed by atoms with Crippen molar-refractivity contribution in [3.05, 3.63) is 47.8 Å². The number of ether oxygens (including phenoxy) is 2. The van der Waals surface area contributed by atoms with Crippen molar-refractivity contribution in [1.82, 2.24) is 14.8 Å². The van der Waals surface area contributed by atoms with E-state index in [4.69, 9.17) is 14.5 Å². The third kappa shape index (κ3) is 3.27. The van der Waals surface area contributed by atoms with Crippen LogP contribution in [0.25, 0.3) is 11.0 Å². The standard InChI is InChI=1S/C20H23N3O3/c1-12(2)16-10-14(15-11-21-23(13(3)4)19(15)22-16)20(24)26-18-9-7-6-8-17(18)25-5/h6-13H,1-5H3. The molecule has 6 heteroatoms. The maximum Gasteiger partial charge on any atom is 0.344 e. The summed E-state index contributed by atoms with van der Waals surface area (Å²) in [7, 11) is 1.54. The van der Waals surface area contributed by atoms with Gasteiger partial charge in [0.05, 0.1) is 24.3 Å². The summed E-state index contributed by atoms with van der Waals surface area (Å²) < 4.78 is 12.7. The Balaban J connectivity index is 2.09. The number of hydrogen-bond acceptors (Lipinski definition) is 5. The quantitative estimate of drug-likeness (QED) is 0.503. The Labute approximate surface area is 152 Å². The molecule has 0 spiro atoms. The van der Waals surface area contributed by atoms with Gasteiger partial charge in [0.2, 0.25) is 0 Å². The Kier molecular flexibility index (Phi) is 4.93. The van der Waals surface area contributed by atoms with Crippen molar-refractivity contribution in [2.75, 3.05) is 7.11 Å². The third-order valence-corrected chi connectivity index (χ3v) is 4.16. The number of aromatic nitrogens is 3. The zero-order chi connectivity index (χ0) is 18.8. The zero-order valence-electron chi connectivity index (χ0n) is 15.7. The minimum Gasteiger partial charge on any atom is -0.493 e. The second-order valence-corrected chi connectivity index (χ2v) is 6.71. The van der Waals surface area contributed by atoms with E-state index in [0.717, 1.165) is 5.69 Å². The molecule has 3 rings (SSSR count). The Hall–Kier alpha value is -2.89. The lowest BCUT2D eigenvalue weighted by Crippen LogP contribution is -2.12. The molecule has 0 aliphatic carbocycles. The average Bonchev–Trinajstić information content (AvgIpc) is 3.05. The molecule has 1 aromatic carbocycles. The molecule has 0 saturated carbocycles. The second kappa shape index (κ2) is 7.15. The third-order valence-electron chi connectivity index (χ3n) is 4.16. The molecule has 2 heterocycles. The summed E-state index contributed by atoms with van der Waals surface area (Å²) in [5, 5.41) is 5.08. The number of hydrogen-bond donors (Lipinski definition) is 0. The fraction of sp³-hybridized carbons (Fsp3) is 0.350. The van der Waals surface area contributed by atoms with E-state index in [1.165, 1.54) is 0 Å². The van der Waals surface area contributed by atoms with Crippen molar-refractivity contribution in [1.29, 1.82) is 0 Å². The lowest BCUT2D eigenvalue weighted by atomic mass is 10.1. The highest BCUT2D eigenvalue weighted by Crippen LogP contribution is 2.29. The van der Waals surface area contributed by atoms with Crippen LogP contribution in [0.2, 0.25) is 0 Å². The Morgan fingerprint density at radius 3 is 2.42 bits per heavy atom. The number of esters is 1. The summed E-state index contributed by atoms with van der Waals surface area (Å²) in [6, 6.07) is 9.00. The highest BCUT2D eigenvalue weighted by atomic mass is 16.6. The van der Waals surface area contributed by atoms with Crippen molar-refractivity contribution < 1.29 is 14.3 Å². The predicted molar refractivity (Wildman–Crippen MR) is 100.0 cm³/mol. The monoisotopic (exact) mass is 353 g/mol. The molecule has 6 nitrogen and oxygen atoms in total. The van der Waals surface area contributed by atoms with E-state index in [1.54, 1.807) is 37.6 Å². The smallest absolute Gasteiger partial charge is 0.344 e. The van der Waals surface area contributed by atoms with E-state index in [9.17, 15) is 4.79 Å². The number of rotatable bonds is 5. The van der Waals surface area contributed by atoms with Gasteiger partial charge < -0.3 is 9.47 Å². The first-order valence-corrected chi connectivity index (χ1v) is 8.65. The van der Waals surface area contributed by atoms with Gasteiger partial charge >= 0.3 is 5.97 Å². The van der Waals surface area contributed by atoms with Crippen LogP contribution in [0, 0.1) is 0 Å². The first kappa shape index (κ1) is 17.9. The van der Waals surface area contributed by atoms with Crippen LogP contribution in [-0.4, -0.2) is 27.8 Å². The zero-order valence-corrected chi connectivity index (χ0v) is 15.7. The number of carbonyl (C=O) groups excluding carboxylic acids is 1. The maximum absolute atomic E-state index is 12.9. The molecule has 0 atom stereocenters. The lowest BCUT2D eigenvalue weighted by molar-refractivity contribution is 0.0731. The van der Waals surface area contributed by atoms with Crippen LogP contribution in [0.1, 0.15) is 55.7 Å². The first-order valence-electron chi connectivity index (χ1n) is 8.65. The molecule has 26 heavy (non-hydrogen) atoms. The largest absolute Gasteiger partial charge is 0.493 e. The molecule has 0 fully saturated rings. The molecule has 0 unspecified atom stereocenters. The molecule has 0 amide bonds. The van der Waals surface area contributed by atoms with Crippen LogP contribution in [0.15, 0.2) is 36.5 Å². The SMILES string of the molecule is COc1ccccc1OC(=O)c1cc(C(C)C)nc2c1cnn2C(C)C. The number of nitrogens with zero attached hydrogens (tertiary/aromatic N) is 3. The van der Waals surface area contributed by atoms with E-state index < -0.39 is 5.97 Å². The molecule has 0 saturated heterocycles. The number of para-hydroxylation sites is 2. The van der Waals surface area contributed by atoms with Gasteiger partial charge in [-0.3, -0.25) is 0 Å². The van der Waals surface area contributed by atoms with Crippen molar-refractivity contribution in [3.8, 4) is 11.5 Å². The van der Waals surface area contributed by atoms with E-state index in [-0.39, 0.29) is 12.0 Å². The van der Waals surface area contributed by atoms with Crippen LogP contribution >= 0.6 is 0 Å². The van der Waals surface area contributed by atoms with Gasteiger partial charge in [-0.05, 0) is 38.0 Å². The molecule has 0 bridgehead atoms. The van der Waals surface area contributed by atoms with Gasteiger partial charge in [0.1, 0.15) is 0 Å². The van der Waals surface area contributed by atoms with Crippen molar-refractivity contribution in [2.45, 2.75) is 39.7 Å². The van der Waals surface area contributed by atoms with Crippen molar-refractivity contribution in [3.63, 3.8) is 0 Å². The normalized spacial score (nSPS) is 11.3. The van der Waals surface area contributed by atoms with Gasteiger partial charge in [-0.2, -0.15) is 5.10 Å². The number of fused-ring (bicyclic) bond motifs is 1. The highest BCUT2D eigenvalue weighted by Gasteiger charge is 2.21. The Bertz CT molecular complexity index is 945. The summed E-state index contributed by atoms with van der Waals surface area (Å²) in [6.45, 7) is 8.14. The molecule has 0 aliphatic heterocycles. The van der Waals surface area contributed by atoms with Crippen molar-refractivity contribution in [2.24, 2.45) is 0 Å². The summed E-state index contributed by atoms with van der Waals surface area (Å²) in [5.41, 5.74) is 1.97.